The number of methoxy groups -OCH3 is 1. The number of anilines is 1. The Hall–Kier alpha value is -3.19. The number of amides is 1. The first-order valence-electron chi connectivity index (χ1n) is 8.95. The predicted octanol–water partition coefficient (Wildman–Crippen LogP) is 5.30. The Kier molecular flexibility index (Phi) is 6.29. The zero-order valence-electron chi connectivity index (χ0n) is 16.2. The van der Waals surface area contributed by atoms with Crippen LogP contribution in [0.5, 0.6) is 5.75 Å². The van der Waals surface area contributed by atoms with Gasteiger partial charge in [-0.15, -0.1) is 11.3 Å². The number of esters is 1. The second-order valence-electron chi connectivity index (χ2n) is 6.24. The molecule has 0 saturated carbocycles. The van der Waals surface area contributed by atoms with E-state index in [0.29, 0.717) is 16.3 Å². The summed E-state index contributed by atoms with van der Waals surface area (Å²) in [4.78, 5) is 25.3. The van der Waals surface area contributed by atoms with Crippen molar-refractivity contribution < 1.29 is 23.5 Å². The average molecular weight is 413 g/mol. The van der Waals surface area contributed by atoms with Gasteiger partial charge in [-0.2, -0.15) is 0 Å². The first-order valence-corrected chi connectivity index (χ1v) is 9.83. The quantitative estimate of drug-likeness (QED) is 0.557. The molecule has 7 heteroatoms. The fourth-order valence-electron chi connectivity index (χ4n) is 2.89. The number of hydrogen-bond acceptors (Lipinski definition) is 5. The first kappa shape index (κ1) is 20.5. The molecule has 5 nitrogen and oxygen atoms in total. The number of rotatable bonds is 6. The van der Waals surface area contributed by atoms with E-state index in [-0.39, 0.29) is 17.7 Å². The third-order valence-electron chi connectivity index (χ3n) is 4.23. The number of halogens is 1. The Morgan fingerprint density at radius 1 is 1.14 bits per heavy atom. The van der Waals surface area contributed by atoms with Crippen LogP contribution in [0.25, 0.3) is 11.1 Å². The zero-order chi connectivity index (χ0) is 21.0. The maximum absolute atomic E-state index is 13.5. The third kappa shape index (κ3) is 4.46. The Morgan fingerprint density at radius 3 is 2.62 bits per heavy atom. The highest BCUT2D eigenvalue weighted by atomic mass is 32.1. The minimum Gasteiger partial charge on any atom is -0.496 e. The molecule has 0 atom stereocenters. The molecule has 0 aliphatic rings. The van der Waals surface area contributed by atoms with Crippen molar-refractivity contribution in [3.63, 3.8) is 0 Å². The highest BCUT2D eigenvalue weighted by Crippen LogP contribution is 2.40. The standard InChI is InChI=1S/C22H20FNO4S/c1-4-28-22(26)19-17(16-10-13(2)8-9-18(16)27-3)12-29-21(19)24-20(25)14-6-5-7-15(23)11-14/h5-12H,4H2,1-3H3,(H,24,25). The maximum Gasteiger partial charge on any atom is 0.341 e. The number of carbonyl (C=O) groups excluding carboxylic acids is 2. The van der Waals surface area contributed by atoms with Crippen LogP contribution in [0.4, 0.5) is 9.39 Å². The molecule has 1 amide bonds. The van der Waals surface area contributed by atoms with Crippen LogP contribution in [-0.2, 0) is 4.74 Å². The molecule has 150 valence electrons. The molecule has 29 heavy (non-hydrogen) atoms. The van der Waals surface area contributed by atoms with E-state index in [1.807, 2.05) is 25.1 Å². The minimum atomic E-state index is -0.554. The van der Waals surface area contributed by atoms with Crippen molar-refractivity contribution in [2.24, 2.45) is 0 Å². The lowest BCUT2D eigenvalue weighted by atomic mass is 10.0. The van der Waals surface area contributed by atoms with Gasteiger partial charge in [0, 0.05) is 22.1 Å². The lowest BCUT2D eigenvalue weighted by Crippen LogP contribution is -2.15. The van der Waals surface area contributed by atoms with Crippen molar-refractivity contribution in [1.82, 2.24) is 0 Å². The van der Waals surface area contributed by atoms with Crippen molar-refractivity contribution in [3.8, 4) is 16.9 Å². The van der Waals surface area contributed by atoms with Gasteiger partial charge in [0.1, 0.15) is 22.1 Å². The van der Waals surface area contributed by atoms with Crippen molar-refractivity contribution >= 4 is 28.2 Å². The van der Waals surface area contributed by atoms with Gasteiger partial charge in [-0.3, -0.25) is 4.79 Å². The molecule has 0 unspecified atom stereocenters. The van der Waals surface area contributed by atoms with E-state index in [4.69, 9.17) is 9.47 Å². The van der Waals surface area contributed by atoms with Crippen molar-refractivity contribution in [2.45, 2.75) is 13.8 Å². The summed E-state index contributed by atoms with van der Waals surface area (Å²) in [5.41, 5.74) is 2.71. The van der Waals surface area contributed by atoms with Crippen LogP contribution in [0.15, 0.2) is 47.8 Å². The Morgan fingerprint density at radius 2 is 1.93 bits per heavy atom. The molecule has 3 rings (SSSR count). The van der Waals surface area contributed by atoms with Gasteiger partial charge in [0.2, 0.25) is 0 Å². The van der Waals surface area contributed by atoms with Crippen LogP contribution < -0.4 is 10.1 Å². The molecule has 1 N–H and O–H groups in total. The van der Waals surface area contributed by atoms with Gasteiger partial charge < -0.3 is 14.8 Å². The summed E-state index contributed by atoms with van der Waals surface area (Å²) < 4.78 is 24.1. The molecule has 0 spiro atoms. The van der Waals surface area contributed by atoms with Crippen molar-refractivity contribution in [2.75, 3.05) is 19.0 Å². The number of benzene rings is 2. The normalized spacial score (nSPS) is 10.5. The average Bonchev–Trinajstić information content (AvgIpc) is 3.11. The summed E-state index contributed by atoms with van der Waals surface area (Å²) in [7, 11) is 1.55. The molecule has 0 saturated heterocycles. The van der Waals surface area contributed by atoms with E-state index in [2.05, 4.69) is 5.32 Å². The summed E-state index contributed by atoms with van der Waals surface area (Å²) in [5.74, 6) is -0.983. The minimum absolute atomic E-state index is 0.155. The molecular formula is C22H20FNO4S. The fraction of sp³-hybridized carbons (Fsp3) is 0.182. The molecule has 0 bridgehead atoms. The van der Waals surface area contributed by atoms with E-state index in [1.165, 1.54) is 29.5 Å². The lowest BCUT2D eigenvalue weighted by molar-refractivity contribution is 0.0529. The Balaban J connectivity index is 2.06. The van der Waals surface area contributed by atoms with Gasteiger partial charge in [0.05, 0.1) is 13.7 Å². The summed E-state index contributed by atoms with van der Waals surface area (Å²) >= 11 is 1.20. The third-order valence-corrected chi connectivity index (χ3v) is 5.13. The SMILES string of the molecule is CCOC(=O)c1c(-c2cc(C)ccc2OC)csc1NC(=O)c1cccc(F)c1. The van der Waals surface area contributed by atoms with E-state index in [0.717, 1.165) is 17.2 Å². The van der Waals surface area contributed by atoms with Crippen LogP contribution in [-0.4, -0.2) is 25.6 Å². The van der Waals surface area contributed by atoms with Crippen LogP contribution in [0, 0.1) is 12.7 Å². The number of ether oxygens (including phenoxy) is 2. The molecule has 0 radical (unpaired) electrons. The molecule has 0 fully saturated rings. The molecular weight excluding hydrogens is 393 g/mol. The van der Waals surface area contributed by atoms with E-state index in [1.54, 1.807) is 19.4 Å². The molecule has 2 aromatic carbocycles. The Labute approximate surface area is 172 Å². The van der Waals surface area contributed by atoms with Crippen molar-refractivity contribution in [3.05, 3.63) is 70.4 Å². The van der Waals surface area contributed by atoms with Gasteiger partial charge in [-0.05, 0) is 44.2 Å². The van der Waals surface area contributed by atoms with Gasteiger partial charge in [0.15, 0.2) is 0 Å². The summed E-state index contributed by atoms with van der Waals surface area (Å²) in [6, 6.07) is 11.0. The van der Waals surface area contributed by atoms with Crippen LogP contribution in [0.1, 0.15) is 33.2 Å². The van der Waals surface area contributed by atoms with Gasteiger partial charge in [-0.25, -0.2) is 9.18 Å². The van der Waals surface area contributed by atoms with Gasteiger partial charge in [0.25, 0.3) is 5.91 Å². The summed E-state index contributed by atoms with van der Waals surface area (Å²) in [6.07, 6.45) is 0. The van der Waals surface area contributed by atoms with Crippen LogP contribution in [0.2, 0.25) is 0 Å². The molecule has 0 aliphatic carbocycles. The van der Waals surface area contributed by atoms with Crippen LogP contribution in [0.3, 0.4) is 0 Å². The summed E-state index contributed by atoms with van der Waals surface area (Å²) in [5, 5.41) is 4.81. The molecule has 0 aliphatic heterocycles. The highest BCUT2D eigenvalue weighted by molar-refractivity contribution is 7.15. The first-order chi connectivity index (χ1) is 13.9. The molecule has 1 heterocycles. The smallest absolute Gasteiger partial charge is 0.341 e. The zero-order valence-corrected chi connectivity index (χ0v) is 17.1. The molecule has 1 aromatic heterocycles. The largest absolute Gasteiger partial charge is 0.496 e. The number of aryl methyl sites for hydroxylation is 1. The fourth-order valence-corrected chi connectivity index (χ4v) is 3.83. The van der Waals surface area contributed by atoms with E-state index >= 15 is 0 Å². The van der Waals surface area contributed by atoms with E-state index < -0.39 is 17.7 Å². The van der Waals surface area contributed by atoms with Gasteiger partial charge >= 0.3 is 5.97 Å². The summed E-state index contributed by atoms with van der Waals surface area (Å²) in [6.45, 7) is 3.84. The van der Waals surface area contributed by atoms with Gasteiger partial charge in [-0.1, -0.05) is 17.7 Å². The second kappa shape index (κ2) is 8.87. The van der Waals surface area contributed by atoms with Crippen molar-refractivity contribution in [1.29, 1.82) is 0 Å². The molecule has 3 aromatic rings. The lowest BCUT2D eigenvalue weighted by Gasteiger charge is -2.12. The predicted molar refractivity (Wildman–Crippen MR) is 111 cm³/mol. The number of thiophene rings is 1. The monoisotopic (exact) mass is 413 g/mol. The second-order valence-corrected chi connectivity index (χ2v) is 7.12. The van der Waals surface area contributed by atoms with Crippen LogP contribution >= 0.6 is 11.3 Å². The Bertz CT molecular complexity index is 1060. The number of carbonyl (C=O) groups is 2. The van der Waals surface area contributed by atoms with E-state index in [9.17, 15) is 14.0 Å². The number of nitrogens with one attached hydrogen (secondary N) is 1. The number of hydrogen-bond donors (Lipinski definition) is 1. The highest BCUT2D eigenvalue weighted by Gasteiger charge is 2.25. The topological polar surface area (TPSA) is 64.6 Å². The maximum atomic E-state index is 13.5.